The first-order valence-corrected chi connectivity index (χ1v) is 12.9. The van der Waals surface area contributed by atoms with E-state index in [1.165, 1.54) is 32.7 Å². The Balaban J connectivity index is 1.05. The molecule has 0 atom stereocenters. The zero-order valence-electron chi connectivity index (χ0n) is 20.4. The normalized spacial score (nSPS) is 11.1. The molecule has 35 heavy (non-hydrogen) atoms. The van der Waals surface area contributed by atoms with Crippen molar-refractivity contribution in [2.45, 2.75) is 64.2 Å². The van der Waals surface area contributed by atoms with Gasteiger partial charge in [0.1, 0.15) is 0 Å². The van der Waals surface area contributed by atoms with Crippen molar-refractivity contribution < 1.29 is 14.3 Å². The van der Waals surface area contributed by atoms with Crippen molar-refractivity contribution in [1.82, 2.24) is 0 Å². The number of ether oxygens (including phenoxy) is 1. The van der Waals surface area contributed by atoms with Crippen LogP contribution in [0.15, 0.2) is 84.9 Å². The van der Waals surface area contributed by atoms with Gasteiger partial charge in [-0.05, 0) is 71.2 Å². The Morgan fingerprint density at radius 3 is 1.94 bits per heavy atom. The minimum absolute atomic E-state index is 0.309. The van der Waals surface area contributed by atoms with E-state index >= 15 is 0 Å². The van der Waals surface area contributed by atoms with Gasteiger partial charge in [-0.3, -0.25) is 9.59 Å². The van der Waals surface area contributed by atoms with E-state index in [4.69, 9.17) is 4.74 Å². The van der Waals surface area contributed by atoms with Crippen LogP contribution in [0.4, 0.5) is 0 Å². The third kappa shape index (κ3) is 7.51. The van der Waals surface area contributed by atoms with Gasteiger partial charge in [0.2, 0.25) is 0 Å². The van der Waals surface area contributed by atoms with Crippen LogP contribution in [0, 0.1) is 0 Å². The summed E-state index contributed by atoms with van der Waals surface area (Å²) in [5.41, 5.74) is 2.67. The number of esters is 2. The number of unbranched alkanes of at least 4 members (excludes halogenated alkanes) is 4. The molecule has 0 saturated carbocycles. The SMILES string of the molecule is O=C(CCCCCc1ccc2ccccc2c1)OC(=O)CCCCCc1cccc2ccccc12. The molecule has 0 aliphatic heterocycles. The Hall–Kier alpha value is -3.46. The molecule has 4 rings (SSSR count). The third-order valence-electron chi connectivity index (χ3n) is 6.59. The van der Waals surface area contributed by atoms with Gasteiger partial charge in [0.15, 0.2) is 0 Å². The van der Waals surface area contributed by atoms with Crippen molar-refractivity contribution in [2.75, 3.05) is 0 Å². The van der Waals surface area contributed by atoms with Crippen LogP contribution >= 0.6 is 0 Å². The van der Waals surface area contributed by atoms with Crippen molar-refractivity contribution in [3.63, 3.8) is 0 Å². The minimum atomic E-state index is -0.392. The van der Waals surface area contributed by atoms with Gasteiger partial charge in [-0.2, -0.15) is 0 Å². The quantitative estimate of drug-likeness (QED) is 0.121. The maximum Gasteiger partial charge on any atom is 0.313 e. The second-order valence-electron chi connectivity index (χ2n) is 9.29. The van der Waals surface area contributed by atoms with Gasteiger partial charge in [0.05, 0.1) is 0 Å². The molecule has 0 unspecified atom stereocenters. The average Bonchev–Trinajstić information content (AvgIpc) is 2.88. The number of hydrogen-bond donors (Lipinski definition) is 0. The van der Waals surface area contributed by atoms with Crippen molar-refractivity contribution in [2.24, 2.45) is 0 Å². The topological polar surface area (TPSA) is 43.4 Å². The smallest absolute Gasteiger partial charge is 0.313 e. The second-order valence-corrected chi connectivity index (χ2v) is 9.29. The maximum atomic E-state index is 12.0. The molecule has 0 radical (unpaired) electrons. The fourth-order valence-electron chi connectivity index (χ4n) is 4.67. The molecule has 0 amide bonds. The highest BCUT2D eigenvalue weighted by molar-refractivity contribution is 5.86. The molecule has 0 aliphatic rings. The van der Waals surface area contributed by atoms with Crippen LogP contribution in [0.25, 0.3) is 21.5 Å². The molecule has 0 saturated heterocycles. The average molecular weight is 467 g/mol. The summed E-state index contributed by atoms with van der Waals surface area (Å²) in [5.74, 6) is -0.784. The lowest BCUT2D eigenvalue weighted by atomic mass is 9.99. The number of carbonyl (C=O) groups excluding carboxylic acids is 2. The molecule has 0 N–H and O–H groups in total. The summed E-state index contributed by atoms with van der Waals surface area (Å²) < 4.78 is 5.01. The zero-order valence-corrected chi connectivity index (χ0v) is 20.4. The van der Waals surface area contributed by atoms with Crippen LogP contribution in [-0.4, -0.2) is 11.9 Å². The Kier molecular flexibility index (Phi) is 9.05. The first-order valence-electron chi connectivity index (χ1n) is 12.9. The Morgan fingerprint density at radius 1 is 0.543 bits per heavy atom. The summed E-state index contributed by atoms with van der Waals surface area (Å²) in [6.45, 7) is 0. The second kappa shape index (κ2) is 12.9. The summed E-state index contributed by atoms with van der Waals surface area (Å²) in [7, 11) is 0. The number of benzene rings is 4. The van der Waals surface area contributed by atoms with Gasteiger partial charge < -0.3 is 4.74 Å². The number of aryl methyl sites for hydroxylation is 2. The molecule has 0 aromatic heterocycles. The van der Waals surface area contributed by atoms with Gasteiger partial charge in [-0.15, -0.1) is 0 Å². The van der Waals surface area contributed by atoms with Crippen LogP contribution in [0.3, 0.4) is 0 Å². The fraction of sp³-hybridized carbons (Fsp3) is 0.312. The highest BCUT2D eigenvalue weighted by atomic mass is 16.6. The molecule has 0 aliphatic carbocycles. The monoisotopic (exact) mass is 466 g/mol. The number of hydrogen-bond acceptors (Lipinski definition) is 3. The van der Waals surface area contributed by atoms with Crippen molar-refractivity contribution >= 4 is 33.5 Å². The van der Waals surface area contributed by atoms with Crippen LogP contribution in [-0.2, 0) is 27.2 Å². The van der Waals surface area contributed by atoms with E-state index in [2.05, 4.69) is 84.9 Å². The maximum absolute atomic E-state index is 12.0. The van der Waals surface area contributed by atoms with Crippen LogP contribution in [0.5, 0.6) is 0 Å². The highest BCUT2D eigenvalue weighted by Gasteiger charge is 2.10. The largest absolute Gasteiger partial charge is 0.393 e. The van der Waals surface area contributed by atoms with Crippen LogP contribution in [0.1, 0.15) is 62.5 Å². The standard InChI is InChI=1S/C32H34O3/c33-31(20-5-1-3-12-25-22-23-26-13-7-8-16-29(26)24-25)35-32(34)21-6-2-4-14-27-17-11-18-28-15-9-10-19-30(27)28/h7-11,13,15-19,22-24H,1-6,12,14,20-21H2. The highest BCUT2D eigenvalue weighted by Crippen LogP contribution is 2.21. The summed E-state index contributed by atoms with van der Waals surface area (Å²) >= 11 is 0. The Morgan fingerprint density at radius 2 is 1.17 bits per heavy atom. The molecular weight excluding hydrogens is 432 g/mol. The van der Waals surface area contributed by atoms with E-state index in [1.807, 2.05) is 0 Å². The predicted molar refractivity (Wildman–Crippen MR) is 143 cm³/mol. The molecule has 4 aromatic carbocycles. The molecule has 0 heterocycles. The molecule has 3 nitrogen and oxygen atoms in total. The summed E-state index contributed by atoms with van der Waals surface area (Å²) in [6, 6.07) is 29.8. The van der Waals surface area contributed by atoms with Gasteiger partial charge in [-0.1, -0.05) is 97.8 Å². The lowest BCUT2D eigenvalue weighted by molar-refractivity contribution is -0.159. The molecule has 3 heteroatoms. The van der Waals surface area contributed by atoms with Gasteiger partial charge in [0.25, 0.3) is 0 Å². The summed E-state index contributed by atoms with van der Waals surface area (Å²) in [4.78, 5) is 24.0. The molecule has 0 bridgehead atoms. The molecule has 0 spiro atoms. The van der Waals surface area contributed by atoms with E-state index in [0.717, 1.165) is 51.4 Å². The van der Waals surface area contributed by atoms with E-state index in [9.17, 15) is 9.59 Å². The van der Waals surface area contributed by atoms with Crippen LogP contribution < -0.4 is 0 Å². The van der Waals surface area contributed by atoms with Crippen molar-refractivity contribution in [1.29, 1.82) is 0 Å². The van der Waals surface area contributed by atoms with Gasteiger partial charge in [-0.25, -0.2) is 0 Å². The van der Waals surface area contributed by atoms with Gasteiger partial charge in [0, 0.05) is 12.8 Å². The van der Waals surface area contributed by atoms with Crippen LogP contribution in [0.2, 0.25) is 0 Å². The lowest BCUT2D eigenvalue weighted by Gasteiger charge is -2.07. The Bertz CT molecular complexity index is 1270. The van der Waals surface area contributed by atoms with Gasteiger partial charge >= 0.3 is 11.9 Å². The first-order chi connectivity index (χ1) is 17.2. The first kappa shape index (κ1) is 24.7. The minimum Gasteiger partial charge on any atom is -0.393 e. The number of fused-ring (bicyclic) bond motifs is 2. The molecule has 4 aromatic rings. The van der Waals surface area contributed by atoms with E-state index in [0.29, 0.717) is 12.8 Å². The molecule has 0 fully saturated rings. The zero-order chi connectivity index (χ0) is 24.3. The molecular formula is C32H34O3. The van der Waals surface area contributed by atoms with Crippen molar-refractivity contribution in [3.05, 3.63) is 96.1 Å². The lowest BCUT2D eigenvalue weighted by Crippen LogP contribution is -2.11. The van der Waals surface area contributed by atoms with E-state index < -0.39 is 11.9 Å². The summed E-state index contributed by atoms with van der Waals surface area (Å²) in [6.07, 6.45) is 8.06. The van der Waals surface area contributed by atoms with Crippen molar-refractivity contribution in [3.8, 4) is 0 Å². The fourth-order valence-corrected chi connectivity index (χ4v) is 4.67. The Labute approximate surface area is 208 Å². The van der Waals surface area contributed by atoms with E-state index in [1.54, 1.807) is 0 Å². The van der Waals surface area contributed by atoms with E-state index in [-0.39, 0.29) is 0 Å². The number of rotatable bonds is 12. The predicted octanol–water partition coefficient (Wildman–Crippen LogP) is 7.97. The third-order valence-corrected chi connectivity index (χ3v) is 6.59. The molecule has 180 valence electrons. The summed E-state index contributed by atoms with van der Waals surface area (Å²) in [5, 5.41) is 5.09. The number of carbonyl (C=O) groups is 2.